The predicted molar refractivity (Wildman–Crippen MR) is 143 cm³/mol. The van der Waals surface area contributed by atoms with Gasteiger partial charge in [-0.1, -0.05) is 31.9 Å². The molecule has 1 unspecified atom stereocenters. The molecule has 39 heavy (non-hydrogen) atoms. The van der Waals surface area contributed by atoms with Gasteiger partial charge in [-0.05, 0) is 55.0 Å². The number of ether oxygens (including phenoxy) is 1. The second-order valence-electron chi connectivity index (χ2n) is 9.88. The number of sulfone groups is 1. The van der Waals surface area contributed by atoms with Crippen LogP contribution in [0, 0.1) is 23.5 Å². The summed E-state index contributed by atoms with van der Waals surface area (Å²) in [6.45, 7) is 4.18. The van der Waals surface area contributed by atoms with E-state index in [-0.39, 0.29) is 46.3 Å². The van der Waals surface area contributed by atoms with Crippen molar-refractivity contribution in [2.45, 2.75) is 55.3 Å². The Morgan fingerprint density at radius 3 is 2.51 bits per heavy atom. The number of rotatable bonds is 10. The summed E-state index contributed by atoms with van der Waals surface area (Å²) < 4.78 is 59.2. The molecule has 8 nitrogen and oxygen atoms in total. The van der Waals surface area contributed by atoms with E-state index in [9.17, 15) is 31.9 Å². The van der Waals surface area contributed by atoms with Gasteiger partial charge in [0.2, 0.25) is 5.91 Å². The molecule has 1 saturated carbocycles. The molecule has 1 aliphatic rings. The van der Waals surface area contributed by atoms with Crippen LogP contribution >= 0.6 is 11.6 Å². The predicted octanol–water partition coefficient (Wildman–Crippen LogP) is 4.35. The number of carbonyl (C=O) groups excluding carboxylic acids is 2. The fraction of sp³-hybridized carbons (Fsp3) is 0.481. The van der Waals surface area contributed by atoms with Crippen molar-refractivity contribution in [3.8, 4) is 0 Å². The van der Waals surface area contributed by atoms with Crippen molar-refractivity contribution in [3.05, 3.63) is 58.6 Å². The number of hydrogen-bond acceptors (Lipinski definition) is 6. The molecule has 0 bridgehead atoms. The van der Waals surface area contributed by atoms with Crippen molar-refractivity contribution in [2.24, 2.45) is 11.8 Å². The minimum Gasteiger partial charge on any atom is -0.389 e. The Kier molecular flexibility index (Phi) is 10.1. The van der Waals surface area contributed by atoms with Crippen molar-refractivity contribution in [3.63, 3.8) is 0 Å². The van der Waals surface area contributed by atoms with Crippen LogP contribution in [0.5, 0.6) is 0 Å². The van der Waals surface area contributed by atoms with E-state index >= 15 is 0 Å². The van der Waals surface area contributed by atoms with Gasteiger partial charge in [-0.2, -0.15) is 0 Å². The highest BCUT2D eigenvalue weighted by molar-refractivity contribution is 7.92. The lowest BCUT2D eigenvalue weighted by Crippen LogP contribution is -2.54. The third-order valence-corrected chi connectivity index (χ3v) is 10.1. The first-order chi connectivity index (χ1) is 18.3. The van der Waals surface area contributed by atoms with E-state index in [1.54, 1.807) is 6.92 Å². The van der Waals surface area contributed by atoms with E-state index < -0.39 is 50.1 Å². The average Bonchev–Trinajstić information content (AvgIpc) is 2.88. The fourth-order valence-electron chi connectivity index (χ4n) is 5.14. The minimum absolute atomic E-state index is 0.00399. The molecule has 0 spiro atoms. The van der Waals surface area contributed by atoms with Gasteiger partial charge in [-0.3, -0.25) is 9.59 Å². The van der Waals surface area contributed by atoms with Crippen LogP contribution in [0.25, 0.3) is 0 Å². The molecular weight excluding hydrogens is 554 g/mol. The normalized spacial score (nSPS) is 23.3. The number of methoxy groups -OCH3 is 1. The molecule has 0 radical (unpaired) electrons. The van der Waals surface area contributed by atoms with Crippen LogP contribution in [0.2, 0.25) is 5.02 Å². The van der Waals surface area contributed by atoms with Gasteiger partial charge in [0.05, 0.1) is 33.8 Å². The van der Waals surface area contributed by atoms with Crippen LogP contribution in [-0.2, 0) is 19.4 Å². The number of hydrogen-bond donors (Lipinski definition) is 3. The number of carbonyl (C=O) groups is 2. The monoisotopic (exact) mass is 586 g/mol. The Hall–Kier alpha value is -2.60. The number of halogens is 3. The van der Waals surface area contributed by atoms with Crippen molar-refractivity contribution < 1.29 is 36.6 Å². The van der Waals surface area contributed by atoms with E-state index in [2.05, 4.69) is 10.6 Å². The van der Waals surface area contributed by atoms with Gasteiger partial charge in [0, 0.05) is 31.0 Å². The molecule has 12 heteroatoms. The molecule has 4 atom stereocenters. The largest absolute Gasteiger partial charge is 0.389 e. The van der Waals surface area contributed by atoms with Crippen LogP contribution in [0.4, 0.5) is 14.5 Å². The molecule has 2 aromatic carbocycles. The molecule has 3 N–H and O–H groups in total. The van der Waals surface area contributed by atoms with Crippen LogP contribution < -0.4 is 10.6 Å². The molecule has 0 aromatic heterocycles. The second-order valence-corrected chi connectivity index (χ2v) is 12.5. The highest BCUT2D eigenvalue weighted by Crippen LogP contribution is 2.46. The molecule has 0 saturated heterocycles. The summed E-state index contributed by atoms with van der Waals surface area (Å²) in [4.78, 5) is 25.0. The first kappa shape index (κ1) is 30.9. The maximum absolute atomic E-state index is 13.8. The fourth-order valence-corrected chi connectivity index (χ4v) is 7.60. The summed E-state index contributed by atoms with van der Waals surface area (Å²) in [5.74, 6) is -4.29. The van der Waals surface area contributed by atoms with Gasteiger partial charge >= 0.3 is 0 Å². The first-order valence-corrected chi connectivity index (χ1v) is 14.5. The lowest BCUT2D eigenvalue weighted by Gasteiger charge is -2.47. The molecule has 214 valence electrons. The SMILES string of the molecule is CCC1C[C@@H](S(=O)(=O)c2cc(C(=O)Nc3ccc(F)c(F)c3)ccc2Cl)C[C@H](C)[C@@]1(O)CC(=O)NCCOC. The van der Waals surface area contributed by atoms with Gasteiger partial charge < -0.3 is 20.5 Å². The minimum atomic E-state index is -4.06. The quantitative estimate of drug-likeness (QED) is 0.356. The molecule has 0 heterocycles. The average molecular weight is 587 g/mol. The summed E-state index contributed by atoms with van der Waals surface area (Å²) >= 11 is 6.28. The Labute approximate surface area is 232 Å². The second kappa shape index (κ2) is 12.7. The zero-order chi connectivity index (χ0) is 29.0. The van der Waals surface area contributed by atoms with Crippen LogP contribution in [0.15, 0.2) is 41.3 Å². The number of nitrogens with one attached hydrogen (secondary N) is 2. The molecule has 3 rings (SSSR count). The zero-order valence-electron chi connectivity index (χ0n) is 22.0. The van der Waals surface area contributed by atoms with Gasteiger partial charge in [0.1, 0.15) is 0 Å². The van der Waals surface area contributed by atoms with Crippen molar-refractivity contribution in [1.82, 2.24) is 5.32 Å². The number of anilines is 1. The van der Waals surface area contributed by atoms with Crippen LogP contribution in [0.3, 0.4) is 0 Å². The van der Waals surface area contributed by atoms with Crippen LogP contribution in [0.1, 0.15) is 49.9 Å². The first-order valence-electron chi connectivity index (χ1n) is 12.6. The Balaban J connectivity index is 1.82. The van der Waals surface area contributed by atoms with Gasteiger partial charge in [0.25, 0.3) is 5.91 Å². The molecule has 2 amide bonds. The standard InChI is InChI=1S/C27H33ClF2N2O6S/c1-4-18-13-20(11-16(2)27(18,35)15-25(33)31-9-10-38-3)39(36,37)24-12-17(5-7-21(24)28)26(34)32-19-6-8-22(29)23(30)14-19/h5-8,12,14,16,18,20,35H,4,9-11,13,15H2,1-3H3,(H,31,33)(H,32,34)/t16-,18?,20-,27-/m0/s1. The van der Waals surface area contributed by atoms with Gasteiger partial charge in [-0.15, -0.1) is 0 Å². The maximum atomic E-state index is 13.8. The highest BCUT2D eigenvalue weighted by atomic mass is 35.5. The molecule has 2 aromatic rings. The Bertz CT molecular complexity index is 1330. The summed E-state index contributed by atoms with van der Waals surface area (Å²) in [7, 11) is -2.54. The zero-order valence-corrected chi connectivity index (χ0v) is 23.5. The number of benzene rings is 2. The maximum Gasteiger partial charge on any atom is 0.255 e. The number of amides is 2. The summed E-state index contributed by atoms with van der Waals surface area (Å²) in [5.41, 5.74) is -1.44. The Morgan fingerprint density at radius 2 is 1.87 bits per heavy atom. The molecule has 1 fully saturated rings. The van der Waals surface area contributed by atoms with E-state index in [1.807, 2.05) is 6.92 Å². The van der Waals surface area contributed by atoms with E-state index in [0.29, 0.717) is 19.6 Å². The van der Waals surface area contributed by atoms with E-state index in [4.69, 9.17) is 16.3 Å². The smallest absolute Gasteiger partial charge is 0.255 e. The van der Waals surface area contributed by atoms with Crippen molar-refractivity contribution in [2.75, 3.05) is 25.6 Å². The number of aliphatic hydroxyl groups is 1. The molecule has 1 aliphatic carbocycles. The topological polar surface area (TPSA) is 122 Å². The molecular formula is C27H33ClF2N2O6S. The lowest BCUT2D eigenvalue weighted by atomic mass is 9.66. The third kappa shape index (κ3) is 6.95. The lowest BCUT2D eigenvalue weighted by molar-refractivity contribution is -0.138. The van der Waals surface area contributed by atoms with Crippen molar-refractivity contribution in [1.29, 1.82) is 0 Å². The summed E-state index contributed by atoms with van der Waals surface area (Å²) in [5, 5.41) is 15.6. The summed E-state index contributed by atoms with van der Waals surface area (Å²) in [6, 6.07) is 6.63. The van der Waals surface area contributed by atoms with E-state index in [1.165, 1.54) is 25.3 Å². The van der Waals surface area contributed by atoms with Gasteiger partial charge in [0.15, 0.2) is 21.5 Å². The molecule has 0 aliphatic heterocycles. The summed E-state index contributed by atoms with van der Waals surface area (Å²) in [6.07, 6.45) is 0.473. The van der Waals surface area contributed by atoms with Crippen LogP contribution in [-0.4, -0.2) is 56.5 Å². The third-order valence-electron chi connectivity index (χ3n) is 7.41. The Morgan fingerprint density at radius 1 is 1.15 bits per heavy atom. The highest BCUT2D eigenvalue weighted by Gasteiger charge is 2.50. The van der Waals surface area contributed by atoms with Gasteiger partial charge in [-0.25, -0.2) is 17.2 Å². The van der Waals surface area contributed by atoms with E-state index in [0.717, 1.165) is 18.2 Å². The van der Waals surface area contributed by atoms with Crippen molar-refractivity contribution >= 4 is 38.9 Å².